The molecular weight excluding hydrogens is 671 g/mol. The summed E-state index contributed by atoms with van der Waals surface area (Å²) in [5, 5.41) is 13.3. The molecule has 0 aromatic rings. The first-order valence-corrected chi connectivity index (χ1v) is 22.9. The Hall–Kier alpha value is -1.28. The highest BCUT2D eigenvalue weighted by Gasteiger charge is 2.27. The smallest absolute Gasteiger partial charge is 0.387 e. The van der Waals surface area contributed by atoms with E-state index in [-0.39, 0.29) is 25.5 Å². The van der Waals surface area contributed by atoms with Gasteiger partial charge in [-0.15, -0.1) is 0 Å². The van der Waals surface area contributed by atoms with Crippen LogP contribution in [0.3, 0.4) is 0 Å². The van der Waals surface area contributed by atoms with Gasteiger partial charge >= 0.3 is 7.82 Å². The van der Waals surface area contributed by atoms with Gasteiger partial charge in [0.2, 0.25) is 5.91 Å². The minimum Gasteiger partial charge on any atom is -0.387 e. The van der Waals surface area contributed by atoms with Crippen molar-refractivity contribution in [1.29, 1.82) is 0 Å². The maximum absolute atomic E-state index is 12.3. The summed E-state index contributed by atoms with van der Waals surface area (Å²) in [5.41, 5.74) is 0. The van der Waals surface area contributed by atoms with E-state index in [0.717, 1.165) is 25.7 Å². The molecule has 9 heteroatoms. The third-order valence-electron chi connectivity index (χ3n) is 9.40. The van der Waals surface area contributed by atoms with Crippen LogP contribution >= 0.6 is 7.82 Å². The fourth-order valence-electron chi connectivity index (χ4n) is 5.92. The number of hydrogen-bond acceptors (Lipinski definition) is 5. The van der Waals surface area contributed by atoms with E-state index in [1.807, 2.05) is 27.2 Å². The van der Waals surface area contributed by atoms with Gasteiger partial charge in [0.1, 0.15) is 13.2 Å². The second kappa shape index (κ2) is 35.4. The van der Waals surface area contributed by atoms with Crippen LogP contribution in [0.2, 0.25) is 0 Å². The maximum atomic E-state index is 12.3. The van der Waals surface area contributed by atoms with E-state index in [1.165, 1.54) is 135 Å². The summed E-state index contributed by atoms with van der Waals surface area (Å²) < 4.78 is 23.0. The number of aliphatic hydroxyl groups is 1. The average Bonchev–Trinajstić information content (AvgIpc) is 3.10. The minimum absolute atomic E-state index is 0.0508. The Morgan fingerprint density at radius 2 is 1.04 bits per heavy atom. The molecule has 0 saturated heterocycles. The number of phosphoric ester groups is 1. The predicted octanol–water partition coefficient (Wildman–Crippen LogP) is 11.5. The number of carbonyl (C=O) groups is 1. The highest BCUT2D eigenvalue weighted by atomic mass is 31.2. The lowest BCUT2D eigenvalue weighted by Gasteiger charge is -2.25. The fraction of sp³-hybridized carbons (Fsp3) is 0.837. The van der Waals surface area contributed by atoms with Crippen molar-refractivity contribution in [2.24, 2.45) is 0 Å². The number of rotatable bonds is 38. The molecule has 3 N–H and O–H groups in total. The van der Waals surface area contributed by atoms with Crippen molar-refractivity contribution in [3.8, 4) is 0 Å². The van der Waals surface area contributed by atoms with Gasteiger partial charge in [0.15, 0.2) is 0 Å². The molecule has 3 unspecified atom stereocenters. The number of likely N-dealkylation sites (N-methyl/N-ethyl adjacent to an activating group) is 1. The van der Waals surface area contributed by atoms with Crippen LogP contribution in [0.25, 0.3) is 0 Å². The van der Waals surface area contributed by atoms with E-state index in [2.05, 4.69) is 36.5 Å². The molecule has 3 atom stereocenters. The highest BCUT2D eigenvalue weighted by Crippen LogP contribution is 2.43. The second-order valence-electron chi connectivity index (χ2n) is 15.7. The van der Waals surface area contributed by atoms with Crippen LogP contribution in [0.15, 0.2) is 36.5 Å². The average molecular weight is 756 g/mol. The van der Waals surface area contributed by atoms with E-state index < -0.39 is 20.0 Å². The van der Waals surface area contributed by atoms with Crippen molar-refractivity contribution in [3.05, 3.63) is 36.5 Å². The van der Waals surface area contributed by atoms with Gasteiger partial charge in [0.25, 0.3) is 0 Å². The quantitative estimate of drug-likeness (QED) is 0.0251. The summed E-state index contributed by atoms with van der Waals surface area (Å²) in [4.78, 5) is 22.0. The number of nitrogens with zero attached hydrogens (tertiary/aromatic N) is 1. The lowest BCUT2D eigenvalue weighted by molar-refractivity contribution is -0.870. The van der Waals surface area contributed by atoms with E-state index >= 15 is 0 Å². The van der Waals surface area contributed by atoms with Crippen LogP contribution < -0.4 is 5.32 Å². The molecule has 0 aromatic heterocycles. The van der Waals surface area contributed by atoms with Crippen LogP contribution in [0.1, 0.15) is 181 Å². The van der Waals surface area contributed by atoms with Crippen LogP contribution in [0, 0.1) is 0 Å². The SMILES string of the molecule is CCCCCCCCCCCCCCCCCCCCCC/C=C/CC/C=C/CC/C=C/C(O)C(COP(=O)(O)OCC[N+](C)(C)C)NC(=O)CC. The third kappa shape index (κ3) is 37.1. The number of allylic oxidation sites excluding steroid dienone is 5. The first-order chi connectivity index (χ1) is 25.0. The summed E-state index contributed by atoms with van der Waals surface area (Å²) in [6, 6.07) is -0.864. The summed E-state index contributed by atoms with van der Waals surface area (Å²) >= 11 is 0. The summed E-state index contributed by atoms with van der Waals surface area (Å²) in [7, 11) is 1.53. The molecule has 1 amide bonds. The van der Waals surface area contributed by atoms with Crippen LogP contribution in [0.4, 0.5) is 0 Å². The van der Waals surface area contributed by atoms with Gasteiger partial charge in [-0.1, -0.05) is 172 Å². The molecule has 8 nitrogen and oxygen atoms in total. The molecule has 0 fully saturated rings. The topological polar surface area (TPSA) is 105 Å². The van der Waals surface area contributed by atoms with Crippen molar-refractivity contribution >= 4 is 13.7 Å². The zero-order chi connectivity index (χ0) is 38.6. The van der Waals surface area contributed by atoms with E-state index in [1.54, 1.807) is 13.0 Å². The largest absolute Gasteiger partial charge is 0.472 e. The molecule has 0 radical (unpaired) electrons. The standard InChI is InChI=1S/C43H83N2O6P/c1-6-8-9-10-11-12-13-14-15-16-17-18-19-20-21-22-23-24-25-26-27-28-29-30-31-32-33-34-35-36-37-42(46)41(44-43(47)7-2)40-51-52(48,49)50-39-38-45(3,4)5/h28-29,32-33,36-37,41-42,46H,6-27,30-31,34-35,38-40H2,1-5H3,(H-,44,47,48,49)/p+1/b29-28+,33-32+,37-36+. The van der Waals surface area contributed by atoms with Crippen molar-refractivity contribution in [2.45, 2.75) is 193 Å². The fourth-order valence-corrected chi connectivity index (χ4v) is 6.66. The number of carbonyl (C=O) groups excluding carboxylic acids is 1. The monoisotopic (exact) mass is 756 g/mol. The molecule has 0 saturated carbocycles. The summed E-state index contributed by atoms with van der Waals surface area (Å²) in [6.07, 6.45) is 44.8. The molecular formula is C43H84N2O6P+. The second-order valence-corrected chi connectivity index (χ2v) is 17.1. The Bertz CT molecular complexity index is 948. The number of nitrogens with one attached hydrogen (secondary N) is 1. The molecule has 52 heavy (non-hydrogen) atoms. The highest BCUT2D eigenvalue weighted by molar-refractivity contribution is 7.47. The first kappa shape index (κ1) is 50.7. The van der Waals surface area contributed by atoms with E-state index in [0.29, 0.717) is 11.0 Å². The number of aliphatic hydroxyl groups excluding tert-OH is 1. The number of amides is 1. The van der Waals surface area contributed by atoms with Crippen molar-refractivity contribution < 1.29 is 32.9 Å². The Labute approximate surface area is 321 Å². The normalized spacial score (nSPS) is 14.8. The number of phosphoric acid groups is 1. The Morgan fingerprint density at radius 3 is 1.46 bits per heavy atom. The zero-order valence-electron chi connectivity index (χ0n) is 34.5. The Balaban J connectivity index is 3.80. The number of hydrogen-bond donors (Lipinski definition) is 3. The molecule has 0 aromatic carbocycles. The molecule has 0 rings (SSSR count). The van der Waals surface area contributed by atoms with Crippen LogP contribution in [-0.2, 0) is 18.4 Å². The molecule has 0 aliphatic rings. The lowest BCUT2D eigenvalue weighted by atomic mass is 10.0. The van der Waals surface area contributed by atoms with E-state index in [9.17, 15) is 19.4 Å². The minimum atomic E-state index is -4.31. The molecule has 0 heterocycles. The van der Waals surface area contributed by atoms with Gasteiger partial charge in [-0.05, 0) is 38.5 Å². The number of unbranched alkanes of at least 4 members (excludes halogenated alkanes) is 22. The van der Waals surface area contributed by atoms with Gasteiger partial charge in [-0.3, -0.25) is 13.8 Å². The van der Waals surface area contributed by atoms with Crippen molar-refractivity contribution in [1.82, 2.24) is 5.32 Å². The van der Waals surface area contributed by atoms with Crippen molar-refractivity contribution in [3.63, 3.8) is 0 Å². The first-order valence-electron chi connectivity index (χ1n) is 21.4. The molecule has 306 valence electrons. The summed E-state index contributed by atoms with van der Waals surface area (Å²) in [6.45, 7) is 4.23. The van der Waals surface area contributed by atoms with Crippen LogP contribution in [0.5, 0.6) is 0 Å². The predicted molar refractivity (Wildman–Crippen MR) is 221 cm³/mol. The van der Waals surface area contributed by atoms with Gasteiger partial charge in [-0.2, -0.15) is 0 Å². The van der Waals surface area contributed by atoms with E-state index in [4.69, 9.17) is 9.05 Å². The third-order valence-corrected chi connectivity index (χ3v) is 10.4. The Morgan fingerprint density at radius 1 is 0.635 bits per heavy atom. The van der Waals surface area contributed by atoms with Gasteiger partial charge in [0, 0.05) is 6.42 Å². The lowest BCUT2D eigenvalue weighted by Crippen LogP contribution is -2.45. The van der Waals surface area contributed by atoms with Gasteiger partial charge in [0.05, 0.1) is 39.9 Å². The number of quaternary nitrogens is 1. The molecule has 0 spiro atoms. The van der Waals surface area contributed by atoms with Gasteiger partial charge in [-0.25, -0.2) is 4.57 Å². The Kier molecular flexibility index (Phi) is 34.6. The molecule has 0 bridgehead atoms. The maximum Gasteiger partial charge on any atom is 0.472 e. The zero-order valence-corrected chi connectivity index (χ0v) is 35.4. The van der Waals surface area contributed by atoms with Crippen LogP contribution in [-0.4, -0.2) is 73.4 Å². The molecule has 0 aliphatic carbocycles. The van der Waals surface area contributed by atoms with Crippen molar-refractivity contribution in [2.75, 3.05) is 40.9 Å². The summed E-state index contributed by atoms with van der Waals surface area (Å²) in [5.74, 6) is -0.280. The van der Waals surface area contributed by atoms with Gasteiger partial charge < -0.3 is 19.8 Å². The molecule has 0 aliphatic heterocycles.